The fourth-order valence-corrected chi connectivity index (χ4v) is 10.9. The molecule has 0 N–H and O–H groups in total. The molecule has 0 spiro atoms. The third-order valence-corrected chi connectivity index (χ3v) is 13.7. The Bertz CT molecular complexity index is 3940. The van der Waals surface area contributed by atoms with Gasteiger partial charge in [0.05, 0.1) is 38.7 Å². The molecule has 3 aromatic heterocycles. The normalized spacial score (nSPS) is 13.6. The summed E-state index contributed by atoms with van der Waals surface area (Å²) in [5.41, 5.74) is 16.1. The van der Waals surface area contributed by atoms with Gasteiger partial charge in [-0.3, -0.25) is 4.57 Å². The first-order chi connectivity index (χ1) is 30.5. The number of aromatic nitrogens is 4. The molecule has 14 rings (SSSR count). The second-order valence-corrected chi connectivity index (χ2v) is 17.4. The fourth-order valence-electron chi connectivity index (χ4n) is 10.9. The van der Waals surface area contributed by atoms with Gasteiger partial charge in [-0.05, 0) is 117 Å². The average Bonchev–Trinajstić information content (AvgIpc) is 3.91. The molecule has 2 aliphatic rings. The number of hydrogen-bond acceptors (Lipinski definition) is 3. The zero-order chi connectivity index (χ0) is 40.8. The van der Waals surface area contributed by atoms with Gasteiger partial charge in [-0.25, -0.2) is 9.97 Å². The summed E-state index contributed by atoms with van der Waals surface area (Å²) >= 11 is 0. The van der Waals surface area contributed by atoms with Crippen molar-refractivity contribution in [1.82, 2.24) is 19.1 Å². The Hall–Kier alpha value is -8.02. The monoisotopic (exact) mass is 792 g/mol. The van der Waals surface area contributed by atoms with Crippen molar-refractivity contribution in [3.05, 3.63) is 193 Å². The zero-order valence-corrected chi connectivity index (χ0v) is 34.0. The highest BCUT2D eigenvalue weighted by atomic mass is 16.5. The first kappa shape index (κ1) is 33.8. The van der Waals surface area contributed by atoms with Crippen LogP contribution >= 0.6 is 0 Å². The van der Waals surface area contributed by atoms with Gasteiger partial charge in [0, 0.05) is 38.2 Å². The van der Waals surface area contributed by atoms with Crippen LogP contribution in [-0.4, -0.2) is 19.1 Å². The van der Waals surface area contributed by atoms with Crippen LogP contribution in [0.15, 0.2) is 182 Å². The lowest BCUT2D eigenvalue weighted by Crippen LogP contribution is -2.14. The molecule has 5 nitrogen and oxygen atoms in total. The Balaban J connectivity index is 0.971. The van der Waals surface area contributed by atoms with Crippen molar-refractivity contribution in [3.63, 3.8) is 0 Å². The summed E-state index contributed by atoms with van der Waals surface area (Å²) in [6.45, 7) is 4.69. The van der Waals surface area contributed by atoms with Gasteiger partial charge in [0.25, 0.3) is 0 Å². The molecule has 0 radical (unpaired) electrons. The minimum atomic E-state index is -0.0477. The first-order valence-electron chi connectivity index (χ1n) is 21.3. The van der Waals surface area contributed by atoms with Crippen molar-refractivity contribution in [2.45, 2.75) is 19.3 Å². The lowest BCUT2D eigenvalue weighted by molar-refractivity contribution is 0.486. The van der Waals surface area contributed by atoms with Crippen molar-refractivity contribution in [2.75, 3.05) is 0 Å². The smallest absolute Gasteiger partial charge is 0.235 e. The van der Waals surface area contributed by atoms with Gasteiger partial charge >= 0.3 is 0 Å². The maximum absolute atomic E-state index is 6.32. The van der Waals surface area contributed by atoms with Crippen LogP contribution in [0.3, 0.4) is 0 Å². The van der Waals surface area contributed by atoms with Crippen molar-refractivity contribution < 1.29 is 4.74 Å². The Kier molecular flexibility index (Phi) is 6.57. The van der Waals surface area contributed by atoms with E-state index in [9.17, 15) is 0 Å². The standard InChI is InChI=1S/C57H36N4O/c1-57(2)44-17-8-5-14-38(44)41-32-36(25-26-45(41)57)60-49-28-24-35(31-43(49)53-37-13-4-3-12-33(37)22-29-50(53)60)34-23-27-48-42(30-34)39-15-6-9-19-47(39)61(48)56-58-46-18-11-21-52-54(46)55(59-56)40-16-7-10-20-51(40)62-52/h3-32H,1-2H3. The minimum absolute atomic E-state index is 0.0477. The summed E-state index contributed by atoms with van der Waals surface area (Å²) in [4.78, 5) is 10.5. The Labute approximate surface area is 356 Å². The Morgan fingerprint density at radius 1 is 0.435 bits per heavy atom. The average molecular weight is 793 g/mol. The maximum atomic E-state index is 6.32. The molecule has 1 aliphatic carbocycles. The van der Waals surface area contributed by atoms with Crippen LogP contribution in [0.5, 0.6) is 11.5 Å². The highest BCUT2D eigenvalue weighted by Gasteiger charge is 2.35. The van der Waals surface area contributed by atoms with Gasteiger partial charge < -0.3 is 9.30 Å². The van der Waals surface area contributed by atoms with E-state index in [4.69, 9.17) is 14.7 Å². The van der Waals surface area contributed by atoms with E-state index in [0.717, 1.165) is 61.0 Å². The first-order valence-corrected chi connectivity index (χ1v) is 21.3. The molecule has 9 aromatic carbocycles. The van der Waals surface area contributed by atoms with Crippen LogP contribution in [0.4, 0.5) is 0 Å². The molecule has 62 heavy (non-hydrogen) atoms. The Morgan fingerprint density at radius 3 is 2.00 bits per heavy atom. The predicted molar refractivity (Wildman–Crippen MR) is 254 cm³/mol. The van der Waals surface area contributed by atoms with E-state index in [1.165, 1.54) is 66.1 Å². The molecule has 0 atom stereocenters. The van der Waals surface area contributed by atoms with E-state index in [0.29, 0.717) is 5.95 Å². The van der Waals surface area contributed by atoms with E-state index in [2.05, 4.69) is 175 Å². The van der Waals surface area contributed by atoms with E-state index < -0.39 is 0 Å². The number of benzene rings is 9. The number of para-hydroxylation sites is 2. The van der Waals surface area contributed by atoms with Crippen LogP contribution in [-0.2, 0) is 5.41 Å². The quantitative estimate of drug-likeness (QED) is 0.179. The second kappa shape index (κ2) is 12.1. The van der Waals surface area contributed by atoms with Gasteiger partial charge in [0.2, 0.25) is 5.95 Å². The number of nitrogens with zero attached hydrogens (tertiary/aromatic N) is 4. The highest BCUT2D eigenvalue weighted by molar-refractivity contribution is 6.22. The third kappa shape index (κ3) is 4.46. The predicted octanol–water partition coefficient (Wildman–Crippen LogP) is 14.7. The third-order valence-electron chi connectivity index (χ3n) is 13.7. The molecular weight excluding hydrogens is 757 g/mol. The summed E-state index contributed by atoms with van der Waals surface area (Å²) in [7, 11) is 0. The van der Waals surface area contributed by atoms with Crippen molar-refractivity contribution in [1.29, 1.82) is 0 Å². The SMILES string of the molecule is CC1(C)c2ccccc2-c2cc(-n3c4ccc(-c5ccc6c(c5)c5ccccc5n6-c5nc6c7c(cccc7n5)Oc5ccccc5-6)cc4c4c5ccccc5ccc43)ccc21. The molecular formula is C57H36N4O. The topological polar surface area (TPSA) is 44.9 Å². The second-order valence-electron chi connectivity index (χ2n) is 17.4. The van der Waals surface area contributed by atoms with Crippen LogP contribution in [0.2, 0.25) is 0 Å². The van der Waals surface area contributed by atoms with E-state index in [1.807, 2.05) is 30.3 Å². The van der Waals surface area contributed by atoms with Gasteiger partial charge in [0.1, 0.15) is 11.5 Å². The fraction of sp³-hybridized carbons (Fsp3) is 0.0526. The molecule has 0 unspecified atom stereocenters. The molecule has 0 saturated heterocycles. The summed E-state index contributed by atoms with van der Waals surface area (Å²) in [6, 6.07) is 66.0. The number of fused-ring (bicyclic) bond motifs is 13. The molecule has 12 aromatic rings. The molecule has 0 fully saturated rings. The van der Waals surface area contributed by atoms with Crippen LogP contribution < -0.4 is 4.74 Å². The number of ether oxygens (including phenoxy) is 1. The molecule has 0 bridgehead atoms. The number of hydrogen-bond donors (Lipinski definition) is 0. The highest BCUT2D eigenvalue weighted by Crippen LogP contribution is 2.50. The van der Waals surface area contributed by atoms with Gasteiger partial charge in [-0.2, -0.15) is 0 Å². The molecule has 5 heteroatoms. The molecule has 4 heterocycles. The van der Waals surface area contributed by atoms with E-state index in [-0.39, 0.29) is 5.41 Å². The van der Waals surface area contributed by atoms with E-state index in [1.54, 1.807) is 0 Å². The lowest BCUT2D eigenvalue weighted by Gasteiger charge is -2.21. The van der Waals surface area contributed by atoms with Gasteiger partial charge in [0.15, 0.2) is 0 Å². The maximum Gasteiger partial charge on any atom is 0.235 e. The van der Waals surface area contributed by atoms with Crippen LogP contribution in [0, 0.1) is 0 Å². The van der Waals surface area contributed by atoms with Crippen LogP contribution in [0.25, 0.3) is 110 Å². The van der Waals surface area contributed by atoms with Gasteiger partial charge in [-0.15, -0.1) is 0 Å². The number of rotatable bonds is 3. The summed E-state index contributed by atoms with van der Waals surface area (Å²) in [5, 5.41) is 8.25. The van der Waals surface area contributed by atoms with Crippen molar-refractivity contribution in [3.8, 4) is 56.6 Å². The summed E-state index contributed by atoms with van der Waals surface area (Å²) < 4.78 is 11.0. The lowest BCUT2D eigenvalue weighted by atomic mass is 9.82. The Morgan fingerprint density at radius 2 is 1.11 bits per heavy atom. The van der Waals surface area contributed by atoms with Crippen molar-refractivity contribution >= 4 is 65.3 Å². The molecule has 0 amide bonds. The van der Waals surface area contributed by atoms with Gasteiger partial charge in [-0.1, -0.05) is 123 Å². The van der Waals surface area contributed by atoms with E-state index >= 15 is 0 Å². The molecule has 290 valence electrons. The van der Waals surface area contributed by atoms with Crippen LogP contribution in [0.1, 0.15) is 25.0 Å². The zero-order valence-electron chi connectivity index (χ0n) is 34.0. The molecule has 1 aliphatic heterocycles. The largest absolute Gasteiger partial charge is 0.456 e. The molecule has 0 saturated carbocycles. The summed E-state index contributed by atoms with van der Waals surface area (Å²) in [6.07, 6.45) is 0. The van der Waals surface area contributed by atoms with Crippen molar-refractivity contribution in [2.24, 2.45) is 0 Å². The minimum Gasteiger partial charge on any atom is -0.456 e. The summed E-state index contributed by atoms with van der Waals surface area (Å²) in [5.74, 6) is 2.23.